The highest BCUT2D eigenvalue weighted by Crippen LogP contribution is 2.33. The van der Waals surface area contributed by atoms with Crippen LogP contribution >= 0.6 is 11.3 Å². The van der Waals surface area contributed by atoms with Crippen molar-refractivity contribution in [1.29, 1.82) is 0 Å². The molecule has 2 heterocycles. The number of ether oxygens (including phenoxy) is 1. The highest BCUT2D eigenvalue weighted by Gasteiger charge is 2.28. The summed E-state index contributed by atoms with van der Waals surface area (Å²) in [4.78, 5) is 40.3. The first-order valence-electron chi connectivity index (χ1n) is 13.5. The fourth-order valence-electron chi connectivity index (χ4n) is 4.23. The number of amides is 2. The van der Waals surface area contributed by atoms with Gasteiger partial charge < -0.3 is 21.1 Å². The van der Waals surface area contributed by atoms with Gasteiger partial charge in [-0.2, -0.15) is 4.68 Å². The Morgan fingerprint density at radius 2 is 1.59 bits per heavy atom. The first-order valence-corrected chi connectivity index (χ1v) is 14.3. The van der Waals surface area contributed by atoms with E-state index in [1.807, 2.05) is 70.2 Å². The minimum absolute atomic E-state index is 0.140. The van der Waals surface area contributed by atoms with Gasteiger partial charge in [-0.25, -0.2) is 4.79 Å². The number of hydrogen-bond donors (Lipinski definition) is 3. The summed E-state index contributed by atoms with van der Waals surface area (Å²) in [7, 11) is 0. The van der Waals surface area contributed by atoms with E-state index in [-0.39, 0.29) is 23.7 Å². The summed E-state index contributed by atoms with van der Waals surface area (Å²) < 4.78 is 6.63. The van der Waals surface area contributed by atoms with Crippen LogP contribution in [0.3, 0.4) is 0 Å². The molecular weight excluding hydrogens is 538 g/mol. The van der Waals surface area contributed by atoms with Gasteiger partial charge in [0.15, 0.2) is 5.82 Å². The number of fused-ring (bicyclic) bond motifs is 1. The molecule has 1 atom stereocenters. The molecule has 0 saturated heterocycles. The molecule has 2 aromatic carbocycles. The van der Waals surface area contributed by atoms with Crippen LogP contribution in [0.2, 0.25) is 0 Å². The Bertz CT molecular complexity index is 1560. The molecule has 0 aliphatic heterocycles. The number of nitrogens with one attached hydrogen (secondary N) is 2. The number of nitrogens with zero attached hydrogens (tertiary/aromatic N) is 2. The van der Waals surface area contributed by atoms with Crippen LogP contribution in [0.25, 0.3) is 10.2 Å². The number of rotatable bonds is 7. The quantitative estimate of drug-likeness (QED) is 0.232. The zero-order valence-electron chi connectivity index (χ0n) is 24.4. The summed E-state index contributed by atoms with van der Waals surface area (Å²) in [6.45, 7) is 13.2. The predicted octanol–water partition coefficient (Wildman–Crippen LogP) is 6.45. The lowest BCUT2D eigenvalue weighted by Crippen LogP contribution is -2.40. The minimum Gasteiger partial charge on any atom is -0.442 e. The van der Waals surface area contributed by atoms with Crippen molar-refractivity contribution in [3.63, 3.8) is 0 Å². The second-order valence-electron chi connectivity index (χ2n) is 11.9. The molecule has 1 unspecified atom stereocenters. The Labute approximate surface area is 244 Å². The maximum Gasteiger partial charge on any atom is 0.436 e. The molecular formula is C31H37N5O4S. The monoisotopic (exact) mass is 575 g/mol. The number of anilines is 1. The van der Waals surface area contributed by atoms with E-state index in [2.05, 4.69) is 15.7 Å². The average molecular weight is 576 g/mol. The summed E-state index contributed by atoms with van der Waals surface area (Å²) in [6.07, 6.45) is -0.714. The molecule has 4 rings (SSSR count). The fraction of sp³-hybridized carbons (Fsp3) is 0.355. The molecule has 10 heteroatoms. The highest BCUT2D eigenvalue weighted by molar-refractivity contribution is 7.20. The Hall–Kier alpha value is -4.02. The first kappa shape index (κ1) is 30.0. The van der Waals surface area contributed by atoms with Crippen LogP contribution in [-0.4, -0.2) is 33.3 Å². The van der Waals surface area contributed by atoms with Gasteiger partial charge in [0.2, 0.25) is 0 Å². The number of hydrogen-bond acceptors (Lipinski definition) is 7. The number of benzene rings is 2. The summed E-state index contributed by atoms with van der Waals surface area (Å²) in [5, 5.41) is 10.7. The van der Waals surface area contributed by atoms with Crippen LogP contribution in [0.15, 0.2) is 60.7 Å². The molecule has 0 spiro atoms. The predicted molar refractivity (Wildman–Crippen MR) is 162 cm³/mol. The Kier molecular flexibility index (Phi) is 8.37. The van der Waals surface area contributed by atoms with Gasteiger partial charge in [0.25, 0.3) is 11.8 Å². The number of nitrogens with two attached hydrogens (primary N) is 1. The number of aromatic nitrogens is 2. The Balaban J connectivity index is 1.66. The lowest BCUT2D eigenvalue weighted by molar-refractivity contribution is 0.0523. The first-order chi connectivity index (χ1) is 19.2. The molecule has 9 nitrogen and oxygen atoms in total. The summed E-state index contributed by atoms with van der Waals surface area (Å²) >= 11 is 1.10. The van der Waals surface area contributed by atoms with Crippen molar-refractivity contribution in [2.24, 2.45) is 11.7 Å². The van der Waals surface area contributed by atoms with Gasteiger partial charge in [0.1, 0.15) is 10.4 Å². The third-order valence-corrected chi connectivity index (χ3v) is 7.69. The van der Waals surface area contributed by atoms with Crippen LogP contribution in [0.4, 0.5) is 10.6 Å². The van der Waals surface area contributed by atoms with Gasteiger partial charge in [-0.1, -0.05) is 56.3 Å². The molecule has 4 aromatic rings. The van der Waals surface area contributed by atoms with E-state index in [9.17, 15) is 14.4 Å². The van der Waals surface area contributed by atoms with Gasteiger partial charge in [0, 0.05) is 11.6 Å². The molecule has 2 aromatic heterocycles. The second kappa shape index (κ2) is 11.5. The highest BCUT2D eigenvalue weighted by atomic mass is 32.1. The van der Waals surface area contributed by atoms with E-state index in [1.165, 1.54) is 0 Å². The third-order valence-electron chi connectivity index (χ3n) is 6.58. The largest absolute Gasteiger partial charge is 0.442 e. The number of carbonyl (C=O) groups is 3. The summed E-state index contributed by atoms with van der Waals surface area (Å²) in [6, 6.07) is 18.2. The Morgan fingerprint density at radius 3 is 2.17 bits per heavy atom. The van der Waals surface area contributed by atoms with Crippen LogP contribution in [0.1, 0.15) is 85.7 Å². The van der Waals surface area contributed by atoms with Crippen LogP contribution < -0.4 is 16.4 Å². The molecule has 0 radical (unpaired) electrons. The van der Waals surface area contributed by atoms with Crippen molar-refractivity contribution in [3.05, 3.63) is 82.2 Å². The van der Waals surface area contributed by atoms with Crippen molar-refractivity contribution < 1.29 is 19.1 Å². The lowest BCUT2D eigenvalue weighted by atomic mass is 9.94. The smallest absolute Gasteiger partial charge is 0.436 e. The van der Waals surface area contributed by atoms with E-state index >= 15 is 0 Å². The third kappa shape index (κ3) is 6.83. The van der Waals surface area contributed by atoms with Gasteiger partial charge in [-0.15, -0.1) is 16.4 Å². The maximum absolute atomic E-state index is 13.4. The lowest BCUT2D eigenvalue weighted by Gasteiger charge is -2.26. The van der Waals surface area contributed by atoms with Gasteiger partial charge in [-0.3, -0.25) is 9.59 Å². The van der Waals surface area contributed by atoms with E-state index in [0.29, 0.717) is 20.7 Å². The normalized spacial score (nSPS) is 12.8. The average Bonchev–Trinajstić information content (AvgIpc) is 3.48. The number of carbonyl (C=O) groups excluding carboxylic acids is 3. The summed E-state index contributed by atoms with van der Waals surface area (Å²) in [5.74, 6) is -0.322. The van der Waals surface area contributed by atoms with Gasteiger partial charge in [0.05, 0.1) is 15.8 Å². The molecule has 41 heavy (non-hydrogen) atoms. The standard InChI is InChI=1S/C31H37N5O4S/c1-18(2)24(32)19-13-15-20(16-14-19)26(37)33-25-22-17-23(27(38)34-31(6,7)21-11-9-8-10-12-21)41-28(22)36(35-25)29(39)40-30(3,4)5/h8-18,24H,32H2,1-7H3,(H,34,38)(H,33,35,37). The van der Waals surface area contributed by atoms with E-state index < -0.39 is 23.1 Å². The molecule has 2 amide bonds. The van der Waals surface area contributed by atoms with E-state index in [0.717, 1.165) is 27.1 Å². The van der Waals surface area contributed by atoms with Crippen molar-refractivity contribution in [1.82, 2.24) is 15.1 Å². The van der Waals surface area contributed by atoms with Crippen LogP contribution in [-0.2, 0) is 10.3 Å². The van der Waals surface area contributed by atoms with Crippen LogP contribution in [0, 0.1) is 5.92 Å². The zero-order chi connectivity index (χ0) is 30.1. The molecule has 0 saturated carbocycles. The molecule has 0 aliphatic rings. The topological polar surface area (TPSA) is 128 Å². The van der Waals surface area contributed by atoms with Gasteiger partial charge in [-0.05, 0) is 69.9 Å². The van der Waals surface area contributed by atoms with Crippen LogP contribution in [0.5, 0.6) is 0 Å². The van der Waals surface area contributed by atoms with E-state index in [1.54, 1.807) is 39.0 Å². The van der Waals surface area contributed by atoms with Crippen molar-refractivity contribution >= 4 is 45.3 Å². The fourth-order valence-corrected chi connectivity index (χ4v) is 5.23. The minimum atomic E-state index is -0.769. The maximum atomic E-state index is 13.4. The molecule has 0 bridgehead atoms. The van der Waals surface area contributed by atoms with Crippen molar-refractivity contribution in [2.75, 3.05) is 5.32 Å². The van der Waals surface area contributed by atoms with Crippen molar-refractivity contribution in [3.8, 4) is 0 Å². The second-order valence-corrected chi connectivity index (χ2v) is 12.9. The number of thiophene rings is 1. The SMILES string of the molecule is CC(C)C(N)c1ccc(C(=O)Nc2nn(C(=O)OC(C)(C)C)c3sc(C(=O)NC(C)(C)c4ccccc4)cc23)cc1. The van der Waals surface area contributed by atoms with Crippen molar-refractivity contribution in [2.45, 2.75) is 65.6 Å². The molecule has 4 N–H and O–H groups in total. The zero-order valence-corrected chi connectivity index (χ0v) is 25.3. The van der Waals surface area contributed by atoms with Gasteiger partial charge >= 0.3 is 6.09 Å². The Morgan fingerprint density at radius 1 is 0.951 bits per heavy atom. The van der Waals surface area contributed by atoms with E-state index in [4.69, 9.17) is 10.5 Å². The molecule has 0 aliphatic carbocycles. The molecule has 0 fully saturated rings. The molecule has 216 valence electrons. The summed E-state index contributed by atoms with van der Waals surface area (Å²) in [5.41, 5.74) is 7.10.